The summed E-state index contributed by atoms with van der Waals surface area (Å²) in [6.45, 7) is 6.15. The van der Waals surface area contributed by atoms with E-state index < -0.39 is 0 Å². The van der Waals surface area contributed by atoms with Crippen LogP contribution in [0.1, 0.15) is 18.4 Å². The van der Waals surface area contributed by atoms with E-state index in [1.165, 1.54) is 25.9 Å². The average molecular weight is 231 g/mol. The van der Waals surface area contributed by atoms with Crippen molar-refractivity contribution >= 4 is 11.9 Å². The van der Waals surface area contributed by atoms with E-state index in [2.05, 4.69) is 41.5 Å². The minimum atomic E-state index is 0.610. The zero-order chi connectivity index (χ0) is 12.3. The molecule has 0 atom stereocenters. The van der Waals surface area contributed by atoms with Crippen molar-refractivity contribution in [3.63, 3.8) is 0 Å². The highest BCUT2D eigenvalue weighted by Gasteiger charge is 2.21. The fraction of sp³-hybridized carbons (Fsp3) is 0.500. The number of piperidine rings is 1. The largest absolute Gasteiger partial charge is 0.357 e. The van der Waals surface area contributed by atoms with Crippen molar-refractivity contribution in [2.45, 2.75) is 18.9 Å². The lowest BCUT2D eigenvalue weighted by Crippen LogP contribution is -2.42. The third-order valence-electron chi connectivity index (χ3n) is 3.60. The monoisotopic (exact) mass is 231 g/mol. The van der Waals surface area contributed by atoms with Crippen LogP contribution in [0.4, 0.5) is 5.82 Å². The zero-order valence-corrected chi connectivity index (χ0v) is 10.8. The number of pyridine rings is 1. The summed E-state index contributed by atoms with van der Waals surface area (Å²) in [5.74, 6) is 1.05. The van der Waals surface area contributed by atoms with Crippen LogP contribution in [0.15, 0.2) is 24.9 Å². The number of aromatic nitrogens is 1. The lowest BCUT2D eigenvalue weighted by molar-refractivity contribution is 0.252. The summed E-state index contributed by atoms with van der Waals surface area (Å²) in [4.78, 5) is 9.14. The molecule has 3 nitrogen and oxygen atoms in total. The van der Waals surface area contributed by atoms with Crippen molar-refractivity contribution < 1.29 is 0 Å². The van der Waals surface area contributed by atoms with Crippen LogP contribution in [0.3, 0.4) is 0 Å². The first kappa shape index (κ1) is 12.1. The van der Waals surface area contributed by atoms with Crippen LogP contribution in [-0.4, -0.2) is 43.1 Å². The van der Waals surface area contributed by atoms with Crippen LogP contribution < -0.4 is 4.90 Å². The van der Waals surface area contributed by atoms with Gasteiger partial charge in [-0.25, -0.2) is 4.98 Å². The maximum Gasteiger partial charge on any atom is 0.129 e. The van der Waals surface area contributed by atoms with Crippen LogP contribution in [0.2, 0.25) is 0 Å². The Balaban J connectivity index is 2.08. The number of nitrogens with zero attached hydrogens (tertiary/aromatic N) is 3. The number of anilines is 1. The Kier molecular flexibility index (Phi) is 3.79. The van der Waals surface area contributed by atoms with Crippen molar-refractivity contribution in [3.8, 4) is 0 Å². The summed E-state index contributed by atoms with van der Waals surface area (Å²) in [7, 11) is 4.33. The van der Waals surface area contributed by atoms with Gasteiger partial charge in [0.1, 0.15) is 5.82 Å². The van der Waals surface area contributed by atoms with Crippen LogP contribution in [-0.2, 0) is 0 Å². The van der Waals surface area contributed by atoms with Gasteiger partial charge in [-0.05, 0) is 50.7 Å². The molecule has 0 spiro atoms. The molecule has 1 aliphatic heterocycles. The van der Waals surface area contributed by atoms with E-state index in [9.17, 15) is 0 Å². The fourth-order valence-corrected chi connectivity index (χ4v) is 2.32. The van der Waals surface area contributed by atoms with Gasteiger partial charge in [0, 0.05) is 19.3 Å². The molecule has 0 saturated carbocycles. The van der Waals surface area contributed by atoms with Crippen molar-refractivity contribution in [2.75, 3.05) is 32.1 Å². The Morgan fingerprint density at radius 1 is 1.47 bits per heavy atom. The second kappa shape index (κ2) is 5.32. The Labute approximate surface area is 104 Å². The third-order valence-corrected chi connectivity index (χ3v) is 3.60. The smallest absolute Gasteiger partial charge is 0.129 e. The number of likely N-dealkylation sites (tertiary alicyclic amines) is 1. The predicted molar refractivity (Wildman–Crippen MR) is 73.3 cm³/mol. The van der Waals surface area contributed by atoms with E-state index in [0.717, 1.165) is 11.4 Å². The van der Waals surface area contributed by atoms with Crippen molar-refractivity contribution in [3.05, 3.63) is 30.5 Å². The molecule has 0 aliphatic carbocycles. The SMILES string of the molecule is C=Cc1ccnc(N(C)C2CCN(C)CC2)c1. The van der Waals surface area contributed by atoms with Gasteiger partial charge in [0.15, 0.2) is 0 Å². The molecule has 1 aromatic heterocycles. The first-order valence-corrected chi connectivity index (χ1v) is 6.20. The molecule has 0 radical (unpaired) electrons. The fourth-order valence-electron chi connectivity index (χ4n) is 2.32. The highest BCUT2D eigenvalue weighted by molar-refractivity contribution is 5.53. The Bertz CT molecular complexity index is 381. The number of hydrogen-bond donors (Lipinski definition) is 0. The highest BCUT2D eigenvalue weighted by Crippen LogP contribution is 2.20. The first-order valence-electron chi connectivity index (χ1n) is 6.20. The summed E-state index contributed by atoms with van der Waals surface area (Å²) < 4.78 is 0. The van der Waals surface area contributed by atoms with Gasteiger partial charge in [0.05, 0.1) is 0 Å². The van der Waals surface area contributed by atoms with Crippen LogP contribution in [0.25, 0.3) is 6.08 Å². The standard InChI is InChI=1S/C14H21N3/c1-4-12-5-8-15-14(11-12)17(3)13-6-9-16(2)10-7-13/h4-5,8,11,13H,1,6-7,9-10H2,2-3H3. The lowest BCUT2D eigenvalue weighted by Gasteiger charge is -2.35. The molecule has 0 aromatic carbocycles. The van der Waals surface area contributed by atoms with E-state index in [0.29, 0.717) is 6.04 Å². The van der Waals surface area contributed by atoms with Gasteiger partial charge in [0.25, 0.3) is 0 Å². The quantitative estimate of drug-likeness (QED) is 0.795. The van der Waals surface area contributed by atoms with Gasteiger partial charge in [-0.15, -0.1) is 0 Å². The van der Waals surface area contributed by atoms with Gasteiger partial charge >= 0.3 is 0 Å². The second-order valence-electron chi connectivity index (χ2n) is 4.80. The Hall–Kier alpha value is -1.35. The van der Waals surface area contributed by atoms with Crippen LogP contribution in [0, 0.1) is 0 Å². The third kappa shape index (κ3) is 2.86. The molecule has 3 heteroatoms. The summed E-state index contributed by atoms with van der Waals surface area (Å²) in [5.41, 5.74) is 1.13. The zero-order valence-electron chi connectivity index (χ0n) is 10.8. The van der Waals surface area contributed by atoms with Gasteiger partial charge < -0.3 is 9.80 Å². The van der Waals surface area contributed by atoms with E-state index >= 15 is 0 Å². The number of hydrogen-bond acceptors (Lipinski definition) is 3. The minimum absolute atomic E-state index is 0.610. The van der Waals surface area contributed by atoms with E-state index in [1.807, 2.05) is 18.3 Å². The molecule has 1 fully saturated rings. The highest BCUT2D eigenvalue weighted by atomic mass is 15.2. The van der Waals surface area contributed by atoms with Crippen LogP contribution in [0.5, 0.6) is 0 Å². The van der Waals surface area contributed by atoms with Gasteiger partial charge in [0.2, 0.25) is 0 Å². The average Bonchev–Trinajstić information content (AvgIpc) is 2.39. The predicted octanol–water partition coefficient (Wildman–Crippen LogP) is 2.26. The van der Waals surface area contributed by atoms with Gasteiger partial charge in [-0.2, -0.15) is 0 Å². The van der Waals surface area contributed by atoms with Crippen LogP contribution >= 0.6 is 0 Å². The molecule has 92 valence electrons. The second-order valence-corrected chi connectivity index (χ2v) is 4.80. The summed E-state index contributed by atoms with van der Waals surface area (Å²) in [6, 6.07) is 4.70. The molecule has 0 unspecified atom stereocenters. The molecule has 2 heterocycles. The topological polar surface area (TPSA) is 19.4 Å². The normalized spacial score (nSPS) is 18.0. The van der Waals surface area contributed by atoms with Crippen molar-refractivity contribution in [1.82, 2.24) is 9.88 Å². The molecule has 2 rings (SSSR count). The van der Waals surface area contributed by atoms with Gasteiger partial charge in [-0.1, -0.05) is 12.7 Å². The summed E-state index contributed by atoms with van der Waals surface area (Å²) in [6.07, 6.45) is 6.16. The first-order chi connectivity index (χ1) is 8.20. The molecule has 17 heavy (non-hydrogen) atoms. The van der Waals surface area contributed by atoms with E-state index in [-0.39, 0.29) is 0 Å². The molecule has 1 aliphatic rings. The lowest BCUT2D eigenvalue weighted by atomic mass is 10.0. The molecular formula is C14H21N3. The van der Waals surface area contributed by atoms with Crippen molar-refractivity contribution in [2.24, 2.45) is 0 Å². The molecule has 0 amide bonds. The molecule has 0 bridgehead atoms. The van der Waals surface area contributed by atoms with E-state index in [1.54, 1.807) is 0 Å². The maximum absolute atomic E-state index is 4.45. The summed E-state index contributed by atoms with van der Waals surface area (Å²) in [5, 5.41) is 0. The Morgan fingerprint density at radius 3 is 2.82 bits per heavy atom. The van der Waals surface area contributed by atoms with Gasteiger partial charge in [-0.3, -0.25) is 0 Å². The molecule has 1 saturated heterocycles. The number of rotatable bonds is 3. The summed E-state index contributed by atoms with van der Waals surface area (Å²) >= 11 is 0. The Morgan fingerprint density at radius 2 is 2.18 bits per heavy atom. The molecule has 0 N–H and O–H groups in total. The molecular weight excluding hydrogens is 210 g/mol. The minimum Gasteiger partial charge on any atom is -0.357 e. The van der Waals surface area contributed by atoms with Crippen molar-refractivity contribution in [1.29, 1.82) is 0 Å². The molecule has 1 aromatic rings. The maximum atomic E-state index is 4.45. The van der Waals surface area contributed by atoms with E-state index in [4.69, 9.17) is 0 Å².